The molecule has 0 aliphatic rings. The molecule has 4 unspecified atom stereocenters. The summed E-state index contributed by atoms with van der Waals surface area (Å²) >= 11 is 3.02. The van der Waals surface area contributed by atoms with E-state index in [2.05, 4.69) is 21.2 Å². The quantitative estimate of drug-likeness (QED) is 0.361. The molecule has 0 aromatic carbocycles. The fraction of sp³-hybridized carbons (Fsp3) is 0.875. The van der Waals surface area contributed by atoms with Gasteiger partial charge in [-0.1, -0.05) is 15.9 Å². The highest BCUT2D eigenvalue weighted by Crippen LogP contribution is 2.00. The molecule has 0 saturated heterocycles. The van der Waals surface area contributed by atoms with Crippen LogP contribution in [0.5, 0.6) is 0 Å². The van der Waals surface area contributed by atoms with E-state index in [1.807, 2.05) is 0 Å². The number of hydrogen-bond donors (Lipinski definition) is 5. The Morgan fingerprint density at radius 1 is 1.33 bits per heavy atom. The molecule has 0 aromatic rings. The Morgan fingerprint density at radius 3 is 2.27 bits per heavy atom. The van der Waals surface area contributed by atoms with Gasteiger partial charge in [-0.25, -0.2) is 0 Å². The van der Waals surface area contributed by atoms with Gasteiger partial charge >= 0.3 is 0 Å². The topological polar surface area (TPSA) is 110 Å². The molecule has 5 N–H and O–H groups in total. The lowest BCUT2D eigenvalue weighted by Crippen LogP contribution is -2.46. The number of nitrogens with one attached hydrogen (secondary N) is 1. The zero-order valence-electron chi connectivity index (χ0n) is 8.30. The Kier molecular flexibility index (Phi) is 7.03. The van der Waals surface area contributed by atoms with Crippen LogP contribution in [0.4, 0.5) is 0 Å². The first-order chi connectivity index (χ1) is 6.90. The molecule has 0 aliphatic heterocycles. The number of amides is 1. The van der Waals surface area contributed by atoms with Gasteiger partial charge in [-0.3, -0.25) is 4.79 Å². The van der Waals surface area contributed by atoms with Gasteiger partial charge in [-0.15, -0.1) is 0 Å². The molecule has 0 heterocycles. The van der Waals surface area contributed by atoms with E-state index in [9.17, 15) is 15.0 Å². The Hall–Kier alpha value is -0.210. The minimum absolute atomic E-state index is 0.187. The first kappa shape index (κ1) is 14.8. The van der Waals surface area contributed by atoms with E-state index in [0.29, 0.717) is 0 Å². The van der Waals surface area contributed by atoms with Crippen LogP contribution in [0.2, 0.25) is 0 Å². The monoisotopic (exact) mass is 285 g/mol. The second-order valence-corrected chi connectivity index (χ2v) is 4.54. The van der Waals surface area contributed by atoms with Gasteiger partial charge in [0.2, 0.25) is 5.91 Å². The maximum Gasteiger partial charge on any atom is 0.233 e. The number of rotatable bonds is 6. The van der Waals surface area contributed by atoms with Crippen molar-refractivity contribution in [3.05, 3.63) is 0 Å². The molecule has 0 aromatic heterocycles. The van der Waals surface area contributed by atoms with Crippen molar-refractivity contribution < 1.29 is 25.2 Å². The number of halogens is 1. The smallest absolute Gasteiger partial charge is 0.233 e. The summed E-state index contributed by atoms with van der Waals surface area (Å²) < 4.78 is 0. The van der Waals surface area contributed by atoms with E-state index in [1.54, 1.807) is 6.92 Å². The van der Waals surface area contributed by atoms with Crippen molar-refractivity contribution in [2.24, 2.45) is 0 Å². The van der Waals surface area contributed by atoms with Crippen molar-refractivity contribution in [2.45, 2.75) is 30.1 Å². The average Bonchev–Trinajstić information content (AvgIpc) is 2.22. The number of carbonyl (C=O) groups excluding carboxylic acids is 1. The average molecular weight is 286 g/mol. The van der Waals surface area contributed by atoms with Crippen LogP contribution in [0.15, 0.2) is 0 Å². The van der Waals surface area contributed by atoms with E-state index >= 15 is 0 Å². The van der Waals surface area contributed by atoms with Crippen molar-refractivity contribution in [3.63, 3.8) is 0 Å². The van der Waals surface area contributed by atoms with Crippen molar-refractivity contribution >= 4 is 21.8 Å². The van der Waals surface area contributed by atoms with Crippen LogP contribution in [-0.2, 0) is 4.79 Å². The number of alkyl halides is 1. The van der Waals surface area contributed by atoms with Gasteiger partial charge in [0.1, 0.15) is 12.2 Å². The summed E-state index contributed by atoms with van der Waals surface area (Å²) in [6, 6.07) is 0. The highest BCUT2D eigenvalue weighted by atomic mass is 79.9. The first-order valence-corrected chi connectivity index (χ1v) is 5.38. The van der Waals surface area contributed by atoms with Crippen molar-refractivity contribution in [3.8, 4) is 0 Å². The van der Waals surface area contributed by atoms with Crippen LogP contribution in [0.25, 0.3) is 0 Å². The highest BCUT2D eigenvalue weighted by molar-refractivity contribution is 9.10. The maximum absolute atomic E-state index is 11.0. The molecule has 1 amide bonds. The lowest BCUT2D eigenvalue weighted by Gasteiger charge is -2.21. The summed E-state index contributed by atoms with van der Waals surface area (Å²) in [7, 11) is 0. The van der Waals surface area contributed by atoms with E-state index in [-0.39, 0.29) is 12.5 Å². The second-order valence-electron chi connectivity index (χ2n) is 3.17. The van der Waals surface area contributed by atoms with Gasteiger partial charge in [0.15, 0.2) is 0 Å². The third kappa shape index (κ3) is 5.43. The molecule has 15 heavy (non-hydrogen) atoms. The van der Waals surface area contributed by atoms with Crippen LogP contribution >= 0.6 is 15.9 Å². The third-order valence-electron chi connectivity index (χ3n) is 1.82. The van der Waals surface area contributed by atoms with Crippen molar-refractivity contribution in [2.75, 3.05) is 13.2 Å². The fourth-order valence-electron chi connectivity index (χ4n) is 0.831. The lowest BCUT2D eigenvalue weighted by molar-refractivity contribution is -0.122. The van der Waals surface area contributed by atoms with Crippen LogP contribution in [0.3, 0.4) is 0 Å². The zero-order chi connectivity index (χ0) is 12.0. The number of aliphatic hydroxyl groups excluding tert-OH is 4. The zero-order valence-corrected chi connectivity index (χ0v) is 9.88. The summed E-state index contributed by atoms with van der Waals surface area (Å²) in [6.45, 7) is 0.773. The minimum Gasteiger partial charge on any atom is -0.394 e. The molecular formula is C8H16BrNO5. The van der Waals surface area contributed by atoms with Gasteiger partial charge in [0.05, 0.1) is 17.5 Å². The molecular weight excluding hydrogens is 270 g/mol. The SMILES string of the molecule is CC(Br)C(=O)NCC(O)C(O)C(O)CO. The van der Waals surface area contributed by atoms with Gasteiger partial charge < -0.3 is 25.7 Å². The lowest BCUT2D eigenvalue weighted by atomic mass is 10.1. The molecule has 0 fully saturated rings. The Balaban J connectivity index is 3.92. The molecule has 0 saturated carbocycles. The normalized spacial score (nSPS) is 19.1. The highest BCUT2D eigenvalue weighted by Gasteiger charge is 2.24. The molecule has 0 rings (SSSR count). The van der Waals surface area contributed by atoms with Crippen LogP contribution in [0, 0.1) is 0 Å². The Morgan fingerprint density at radius 2 is 1.87 bits per heavy atom. The van der Waals surface area contributed by atoms with Gasteiger partial charge in [0.25, 0.3) is 0 Å². The molecule has 0 radical (unpaired) electrons. The number of hydrogen-bond acceptors (Lipinski definition) is 5. The molecule has 0 spiro atoms. The third-order valence-corrected chi connectivity index (χ3v) is 2.24. The molecule has 0 bridgehead atoms. The standard InChI is InChI=1S/C8H16BrNO5/c1-4(9)8(15)10-2-5(12)7(14)6(13)3-11/h4-7,11-14H,2-3H2,1H3,(H,10,15). The first-order valence-electron chi connectivity index (χ1n) is 4.47. The summed E-state index contributed by atoms with van der Waals surface area (Å²) in [5, 5.41) is 38.4. The summed E-state index contributed by atoms with van der Waals surface area (Å²) in [5.41, 5.74) is 0. The van der Waals surface area contributed by atoms with Gasteiger partial charge in [-0.05, 0) is 6.92 Å². The maximum atomic E-state index is 11.0. The molecule has 7 heteroatoms. The van der Waals surface area contributed by atoms with Crippen LogP contribution in [0.1, 0.15) is 6.92 Å². The Bertz CT molecular complexity index is 201. The second kappa shape index (κ2) is 7.13. The fourth-order valence-corrected chi connectivity index (χ4v) is 0.993. The predicted octanol–water partition coefficient (Wildman–Crippen LogP) is -2.04. The summed E-state index contributed by atoms with van der Waals surface area (Å²) in [4.78, 5) is 10.6. The number of aliphatic hydroxyl groups is 4. The minimum atomic E-state index is -1.49. The van der Waals surface area contributed by atoms with E-state index < -0.39 is 29.7 Å². The molecule has 90 valence electrons. The summed E-state index contributed by atoms with van der Waals surface area (Å²) in [5.74, 6) is -0.334. The van der Waals surface area contributed by atoms with E-state index in [4.69, 9.17) is 10.2 Å². The summed E-state index contributed by atoms with van der Waals surface area (Å²) in [6.07, 6.45) is -4.22. The Labute approximate surface area is 96.0 Å². The largest absolute Gasteiger partial charge is 0.394 e. The molecule has 0 aliphatic carbocycles. The van der Waals surface area contributed by atoms with Crippen molar-refractivity contribution in [1.29, 1.82) is 0 Å². The number of carbonyl (C=O) groups is 1. The molecule has 6 nitrogen and oxygen atoms in total. The van der Waals surface area contributed by atoms with Crippen LogP contribution < -0.4 is 5.32 Å². The van der Waals surface area contributed by atoms with Gasteiger partial charge in [0, 0.05) is 6.54 Å². The predicted molar refractivity (Wildman–Crippen MR) is 56.5 cm³/mol. The van der Waals surface area contributed by atoms with Crippen molar-refractivity contribution in [1.82, 2.24) is 5.32 Å². The molecule has 4 atom stereocenters. The van der Waals surface area contributed by atoms with E-state index in [1.165, 1.54) is 0 Å². The van der Waals surface area contributed by atoms with Gasteiger partial charge in [-0.2, -0.15) is 0 Å². The van der Waals surface area contributed by atoms with Crippen LogP contribution in [-0.4, -0.2) is 62.6 Å². The van der Waals surface area contributed by atoms with E-state index in [0.717, 1.165) is 0 Å².